The van der Waals surface area contributed by atoms with Gasteiger partial charge in [0.15, 0.2) is 0 Å². The van der Waals surface area contributed by atoms with Gasteiger partial charge in [0.1, 0.15) is 12.6 Å². The molecule has 0 unspecified atom stereocenters. The van der Waals surface area contributed by atoms with E-state index >= 15 is 0 Å². The molecule has 4 aromatic carbocycles. The first kappa shape index (κ1) is 32.4. The number of hydrogen-bond donors (Lipinski definition) is 1. The summed E-state index contributed by atoms with van der Waals surface area (Å²) in [7, 11) is -4.12. The molecule has 45 heavy (non-hydrogen) atoms. The van der Waals surface area contributed by atoms with E-state index in [2.05, 4.69) is 21.2 Å². The smallest absolute Gasteiger partial charge is 0.264 e. The van der Waals surface area contributed by atoms with Crippen LogP contribution < -0.4 is 9.62 Å². The molecular formula is C36H38BrN3O4S. The fraction of sp³-hybridized carbons (Fsp3) is 0.278. The van der Waals surface area contributed by atoms with Gasteiger partial charge in [-0.05, 0) is 67.3 Å². The van der Waals surface area contributed by atoms with E-state index in [1.807, 2.05) is 61.5 Å². The van der Waals surface area contributed by atoms with Crippen molar-refractivity contribution in [1.82, 2.24) is 10.2 Å². The Balaban J connectivity index is 1.55. The second-order valence-electron chi connectivity index (χ2n) is 11.5. The first-order valence-electron chi connectivity index (χ1n) is 15.2. The molecule has 4 aromatic rings. The minimum atomic E-state index is -4.12. The lowest BCUT2D eigenvalue weighted by molar-refractivity contribution is -0.140. The van der Waals surface area contributed by atoms with E-state index in [1.54, 1.807) is 59.5 Å². The molecule has 0 aromatic heterocycles. The van der Waals surface area contributed by atoms with E-state index in [9.17, 15) is 18.0 Å². The first-order chi connectivity index (χ1) is 21.7. The SMILES string of the molecule is Cc1ccc(S(=O)(=O)N(CC(=O)N(Cc2cccc(Br)c2)[C@H](Cc2ccccc2)C(=O)NC2CCCC2)c2ccccc2)cc1. The van der Waals surface area contributed by atoms with Crippen LogP contribution in [0.25, 0.3) is 0 Å². The van der Waals surface area contributed by atoms with Crippen molar-refractivity contribution in [2.75, 3.05) is 10.8 Å². The molecule has 0 spiro atoms. The lowest BCUT2D eigenvalue weighted by atomic mass is 10.0. The number of para-hydroxylation sites is 1. The number of benzene rings is 4. The molecule has 0 heterocycles. The molecule has 5 rings (SSSR count). The maximum absolute atomic E-state index is 14.5. The average molecular weight is 689 g/mol. The van der Waals surface area contributed by atoms with Crippen molar-refractivity contribution >= 4 is 43.5 Å². The number of sulfonamides is 1. The van der Waals surface area contributed by atoms with E-state index in [0.29, 0.717) is 5.69 Å². The maximum Gasteiger partial charge on any atom is 0.264 e. The number of carbonyl (C=O) groups excluding carboxylic acids is 2. The number of amides is 2. The number of anilines is 1. The summed E-state index contributed by atoms with van der Waals surface area (Å²) in [5, 5.41) is 3.20. The number of nitrogens with zero attached hydrogens (tertiary/aromatic N) is 2. The molecule has 234 valence electrons. The Bertz CT molecular complexity index is 1690. The third kappa shape index (κ3) is 8.41. The van der Waals surface area contributed by atoms with Gasteiger partial charge >= 0.3 is 0 Å². The molecular weight excluding hydrogens is 650 g/mol. The minimum absolute atomic E-state index is 0.0568. The van der Waals surface area contributed by atoms with Gasteiger partial charge in [-0.3, -0.25) is 13.9 Å². The number of hydrogen-bond acceptors (Lipinski definition) is 4. The van der Waals surface area contributed by atoms with Gasteiger partial charge in [0.05, 0.1) is 10.6 Å². The molecule has 7 nitrogen and oxygen atoms in total. The molecule has 9 heteroatoms. The minimum Gasteiger partial charge on any atom is -0.352 e. The summed E-state index contributed by atoms with van der Waals surface area (Å²) in [4.78, 5) is 30.2. The topological polar surface area (TPSA) is 86.8 Å². The summed E-state index contributed by atoms with van der Waals surface area (Å²) >= 11 is 3.52. The first-order valence-corrected chi connectivity index (χ1v) is 17.5. The van der Waals surface area contributed by atoms with Crippen LogP contribution in [-0.4, -0.2) is 43.8 Å². The van der Waals surface area contributed by atoms with Crippen molar-refractivity contribution in [3.8, 4) is 0 Å². The molecule has 1 saturated carbocycles. The van der Waals surface area contributed by atoms with Crippen molar-refractivity contribution in [2.24, 2.45) is 0 Å². The van der Waals surface area contributed by atoms with Crippen LogP contribution in [0.5, 0.6) is 0 Å². The number of nitrogens with one attached hydrogen (secondary N) is 1. The number of rotatable bonds is 12. The van der Waals surface area contributed by atoms with Crippen LogP contribution in [0.15, 0.2) is 119 Å². The van der Waals surface area contributed by atoms with Crippen LogP contribution in [0.1, 0.15) is 42.4 Å². The standard InChI is InChI=1S/C36H38BrN3O4S/c1-27-19-21-33(22-20-27)45(43,44)40(32-17-6-3-7-18-32)26-35(41)39(25-29-13-10-14-30(37)23-29)34(24-28-11-4-2-5-12-28)36(42)38-31-15-8-9-16-31/h2-7,10-14,17-23,31,34H,8-9,15-16,24-26H2,1H3,(H,38,42)/t34-/m1/s1. The highest BCUT2D eigenvalue weighted by Gasteiger charge is 2.35. The molecule has 2 amide bonds. The highest BCUT2D eigenvalue weighted by Crippen LogP contribution is 2.26. The van der Waals surface area contributed by atoms with E-state index in [4.69, 9.17) is 0 Å². The lowest BCUT2D eigenvalue weighted by Crippen LogP contribution is -2.54. The molecule has 1 atom stereocenters. The van der Waals surface area contributed by atoms with E-state index < -0.39 is 28.5 Å². The molecule has 1 fully saturated rings. The third-order valence-electron chi connectivity index (χ3n) is 8.15. The fourth-order valence-electron chi connectivity index (χ4n) is 5.71. The number of halogens is 1. The van der Waals surface area contributed by atoms with Gasteiger partial charge < -0.3 is 10.2 Å². The second-order valence-corrected chi connectivity index (χ2v) is 14.3. The Morgan fingerprint density at radius 3 is 2.11 bits per heavy atom. The van der Waals surface area contributed by atoms with Crippen LogP contribution in [0.4, 0.5) is 5.69 Å². The average Bonchev–Trinajstić information content (AvgIpc) is 3.55. The van der Waals surface area contributed by atoms with Gasteiger partial charge in [-0.25, -0.2) is 8.42 Å². The van der Waals surface area contributed by atoms with Crippen molar-refractivity contribution in [3.63, 3.8) is 0 Å². The summed E-state index contributed by atoms with van der Waals surface area (Å²) in [6, 6.07) is 31.6. The Morgan fingerprint density at radius 1 is 0.844 bits per heavy atom. The molecule has 0 saturated heterocycles. The van der Waals surface area contributed by atoms with Gasteiger partial charge in [0.2, 0.25) is 11.8 Å². The predicted octanol–water partition coefficient (Wildman–Crippen LogP) is 6.65. The largest absolute Gasteiger partial charge is 0.352 e. The number of aryl methyl sites for hydroxylation is 1. The summed E-state index contributed by atoms with van der Waals surface area (Å²) in [5.41, 5.74) is 3.01. The zero-order chi connectivity index (χ0) is 31.8. The van der Waals surface area contributed by atoms with Crippen LogP contribution in [0.2, 0.25) is 0 Å². The van der Waals surface area contributed by atoms with Gasteiger partial charge in [-0.1, -0.05) is 107 Å². The Labute approximate surface area is 274 Å². The van der Waals surface area contributed by atoms with E-state index in [0.717, 1.165) is 51.2 Å². The molecule has 0 radical (unpaired) electrons. The second kappa shape index (κ2) is 14.9. The maximum atomic E-state index is 14.5. The van der Waals surface area contributed by atoms with Crippen LogP contribution in [0, 0.1) is 6.92 Å². The third-order valence-corrected chi connectivity index (χ3v) is 10.4. The lowest BCUT2D eigenvalue weighted by Gasteiger charge is -2.34. The number of carbonyl (C=O) groups is 2. The quantitative estimate of drug-likeness (QED) is 0.181. The van der Waals surface area contributed by atoms with Crippen molar-refractivity contribution in [3.05, 3.63) is 130 Å². The Kier molecular flexibility index (Phi) is 10.7. The summed E-state index contributed by atoms with van der Waals surface area (Å²) in [6.45, 7) is 1.54. The fourth-order valence-corrected chi connectivity index (χ4v) is 7.57. The Morgan fingerprint density at radius 2 is 1.47 bits per heavy atom. The van der Waals surface area contributed by atoms with Crippen molar-refractivity contribution in [1.29, 1.82) is 0 Å². The summed E-state index contributed by atoms with van der Waals surface area (Å²) < 4.78 is 30.2. The Hall–Kier alpha value is -3.95. The summed E-state index contributed by atoms with van der Waals surface area (Å²) in [6.07, 6.45) is 4.20. The van der Waals surface area contributed by atoms with Crippen LogP contribution in [0.3, 0.4) is 0 Å². The van der Waals surface area contributed by atoms with Crippen LogP contribution in [-0.2, 0) is 32.6 Å². The monoisotopic (exact) mass is 687 g/mol. The highest BCUT2D eigenvalue weighted by molar-refractivity contribution is 9.10. The molecule has 0 aliphatic heterocycles. The molecule has 1 aliphatic rings. The molecule has 1 aliphatic carbocycles. The molecule has 1 N–H and O–H groups in total. The van der Waals surface area contributed by atoms with Gasteiger partial charge in [0, 0.05) is 23.5 Å². The van der Waals surface area contributed by atoms with Gasteiger partial charge in [-0.15, -0.1) is 0 Å². The normalized spacial score (nSPS) is 14.1. The van der Waals surface area contributed by atoms with Crippen LogP contribution >= 0.6 is 15.9 Å². The van der Waals surface area contributed by atoms with Crippen molar-refractivity contribution < 1.29 is 18.0 Å². The zero-order valence-corrected chi connectivity index (χ0v) is 27.7. The van der Waals surface area contributed by atoms with Crippen molar-refractivity contribution in [2.45, 2.75) is 62.6 Å². The van der Waals surface area contributed by atoms with E-state index in [-0.39, 0.29) is 29.8 Å². The summed E-state index contributed by atoms with van der Waals surface area (Å²) in [5.74, 6) is -0.709. The highest BCUT2D eigenvalue weighted by atomic mass is 79.9. The molecule has 0 bridgehead atoms. The van der Waals surface area contributed by atoms with Gasteiger partial charge in [0.25, 0.3) is 10.0 Å². The van der Waals surface area contributed by atoms with E-state index in [1.165, 1.54) is 0 Å². The van der Waals surface area contributed by atoms with Gasteiger partial charge in [-0.2, -0.15) is 0 Å². The predicted molar refractivity (Wildman–Crippen MR) is 181 cm³/mol. The zero-order valence-electron chi connectivity index (χ0n) is 25.3.